The highest BCUT2D eigenvalue weighted by molar-refractivity contribution is 5.60. The average molecular weight is 210 g/mol. The maximum Gasteiger partial charge on any atom is 0.276 e. The first-order chi connectivity index (χ1) is 7.16. The normalized spacial score (nSPS) is 10.3. The fourth-order valence-corrected chi connectivity index (χ4v) is 1.41. The van der Waals surface area contributed by atoms with Gasteiger partial charge in [0.2, 0.25) is 0 Å². The monoisotopic (exact) mass is 210 g/mol. The van der Waals surface area contributed by atoms with Gasteiger partial charge in [0.15, 0.2) is 5.82 Å². The van der Waals surface area contributed by atoms with E-state index >= 15 is 0 Å². The van der Waals surface area contributed by atoms with Gasteiger partial charge in [-0.25, -0.2) is 4.98 Å². The fraction of sp³-hybridized carbons (Fsp3) is 0.600. The van der Waals surface area contributed by atoms with Gasteiger partial charge in [-0.3, -0.25) is 4.79 Å². The second-order valence-corrected chi connectivity index (χ2v) is 3.60. The minimum atomic E-state index is -0.276. The van der Waals surface area contributed by atoms with Gasteiger partial charge in [-0.2, -0.15) is 0 Å². The molecule has 1 rings (SSSR count). The summed E-state index contributed by atoms with van der Waals surface area (Å²) < 4.78 is 0. The van der Waals surface area contributed by atoms with Crippen molar-refractivity contribution in [1.82, 2.24) is 9.97 Å². The number of unbranched alkanes of at least 4 members (excludes halogenated alkanes) is 2. The van der Waals surface area contributed by atoms with E-state index in [1.807, 2.05) is 11.9 Å². The molecule has 0 radical (unpaired) electrons. The molecule has 1 aromatic rings. The highest BCUT2D eigenvalue weighted by Gasteiger charge is 2.08. The fourth-order valence-electron chi connectivity index (χ4n) is 1.41. The Hall–Kier alpha value is -1.52. The Bertz CT molecular complexity index is 361. The summed E-state index contributed by atoms with van der Waals surface area (Å²) in [5, 5.41) is 0. The SMILES string of the molecule is CCCCCN(C)c1nc[nH]c(=O)c1N. The number of hydrogen-bond acceptors (Lipinski definition) is 4. The molecule has 0 aliphatic heterocycles. The number of aromatic nitrogens is 2. The molecule has 0 aromatic carbocycles. The summed E-state index contributed by atoms with van der Waals surface area (Å²) in [6, 6.07) is 0. The van der Waals surface area contributed by atoms with Gasteiger partial charge in [0.05, 0.1) is 6.33 Å². The van der Waals surface area contributed by atoms with Gasteiger partial charge in [-0.1, -0.05) is 19.8 Å². The molecule has 0 fully saturated rings. The summed E-state index contributed by atoms with van der Waals surface area (Å²) in [4.78, 5) is 19.7. The van der Waals surface area contributed by atoms with E-state index in [9.17, 15) is 4.79 Å². The van der Waals surface area contributed by atoms with Gasteiger partial charge in [0.1, 0.15) is 5.69 Å². The lowest BCUT2D eigenvalue weighted by atomic mass is 10.2. The molecule has 1 heterocycles. The molecule has 0 atom stereocenters. The third-order valence-electron chi connectivity index (χ3n) is 2.33. The smallest absolute Gasteiger partial charge is 0.276 e. The molecule has 0 saturated carbocycles. The van der Waals surface area contributed by atoms with Gasteiger partial charge >= 0.3 is 0 Å². The van der Waals surface area contributed by atoms with Crippen LogP contribution in [0.1, 0.15) is 26.2 Å². The van der Waals surface area contributed by atoms with Crippen LogP contribution >= 0.6 is 0 Å². The standard InChI is InChI=1S/C10H18N4O/c1-3-4-5-6-14(2)9-8(11)10(15)13-7-12-9/h7H,3-6,11H2,1-2H3,(H,12,13,15). The number of nitrogen functional groups attached to an aromatic ring is 1. The van der Waals surface area contributed by atoms with Crippen LogP contribution in [-0.4, -0.2) is 23.6 Å². The summed E-state index contributed by atoms with van der Waals surface area (Å²) in [5.41, 5.74) is 5.56. The largest absolute Gasteiger partial charge is 0.391 e. The maximum absolute atomic E-state index is 11.2. The van der Waals surface area contributed by atoms with Crippen LogP contribution < -0.4 is 16.2 Å². The summed E-state index contributed by atoms with van der Waals surface area (Å²) in [7, 11) is 1.90. The number of nitrogens with one attached hydrogen (secondary N) is 1. The predicted octanol–water partition coefficient (Wildman–Crippen LogP) is 0.978. The zero-order chi connectivity index (χ0) is 11.3. The van der Waals surface area contributed by atoms with Crippen LogP contribution in [0.5, 0.6) is 0 Å². The second kappa shape index (κ2) is 5.38. The van der Waals surface area contributed by atoms with Gasteiger partial charge < -0.3 is 15.6 Å². The Kier molecular flexibility index (Phi) is 4.15. The molecule has 0 saturated heterocycles. The van der Waals surface area contributed by atoms with E-state index in [0.717, 1.165) is 13.0 Å². The molecule has 84 valence electrons. The molecule has 0 bridgehead atoms. The van der Waals surface area contributed by atoms with Gasteiger partial charge in [0.25, 0.3) is 5.56 Å². The third-order valence-corrected chi connectivity index (χ3v) is 2.33. The number of anilines is 2. The van der Waals surface area contributed by atoms with Crippen molar-refractivity contribution in [2.45, 2.75) is 26.2 Å². The molecule has 15 heavy (non-hydrogen) atoms. The van der Waals surface area contributed by atoms with Crippen LogP contribution in [0, 0.1) is 0 Å². The van der Waals surface area contributed by atoms with E-state index in [1.165, 1.54) is 19.2 Å². The van der Waals surface area contributed by atoms with Crippen molar-refractivity contribution in [2.24, 2.45) is 0 Å². The molecular formula is C10H18N4O. The minimum absolute atomic E-state index is 0.191. The number of H-pyrrole nitrogens is 1. The van der Waals surface area contributed by atoms with E-state index < -0.39 is 0 Å². The van der Waals surface area contributed by atoms with Gasteiger partial charge in [0, 0.05) is 13.6 Å². The van der Waals surface area contributed by atoms with Crippen molar-refractivity contribution in [2.75, 3.05) is 24.2 Å². The maximum atomic E-state index is 11.2. The first kappa shape index (κ1) is 11.6. The summed E-state index contributed by atoms with van der Waals surface area (Å²) in [6.45, 7) is 3.02. The van der Waals surface area contributed by atoms with Crippen molar-refractivity contribution in [3.05, 3.63) is 16.7 Å². The number of hydrogen-bond donors (Lipinski definition) is 2. The van der Waals surface area contributed by atoms with Crippen molar-refractivity contribution >= 4 is 11.5 Å². The van der Waals surface area contributed by atoms with E-state index in [2.05, 4.69) is 16.9 Å². The van der Waals surface area contributed by atoms with Crippen LogP contribution in [0.2, 0.25) is 0 Å². The van der Waals surface area contributed by atoms with E-state index in [-0.39, 0.29) is 11.2 Å². The topological polar surface area (TPSA) is 75.0 Å². The molecule has 0 aliphatic rings. The van der Waals surface area contributed by atoms with Crippen LogP contribution in [0.25, 0.3) is 0 Å². The first-order valence-corrected chi connectivity index (χ1v) is 5.21. The summed E-state index contributed by atoms with van der Waals surface area (Å²) in [5.74, 6) is 0.565. The quantitative estimate of drug-likeness (QED) is 0.710. The van der Waals surface area contributed by atoms with Crippen LogP contribution in [0.15, 0.2) is 11.1 Å². The van der Waals surface area contributed by atoms with E-state index in [0.29, 0.717) is 5.82 Å². The van der Waals surface area contributed by atoms with Crippen molar-refractivity contribution in [1.29, 1.82) is 0 Å². The number of nitrogens with two attached hydrogens (primary N) is 1. The Balaban J connectivity index is 2.69. The van der Waals surface area contributed by atoms with E-state index in [1.54, 1.807) is 0 Å². The zero-order valence-electron chi connectivity index (χ0n) is 9.29. The molecule has 0 unspecified atom stereocenters. The third kappa shape index (κ3) is 2.97. The highest BCUT2D eigenvalue weighted by atomic mass is 16.1. The lowest BCUT2D eigenvalue weighted by Gasteiger charge is -2.18. The summed E-state index contributed by atoms with van der Waals surface area (Å²) >= 11 is 0. The van der Waals surface area contributed by atoms with Crippen LogP contribution in [0.4, 0.5) is 11.5 Å². The van der Waals surface area contributed by atoms with Crippen molar-refractivity contribution in [3.8, 4) is 0 Å². The number of nitrogens with zero attached hydrogens (tertiary/aromatic N) is 2. The molecule has 5 nitrogen and oxygen atoms in total. The zero-order valence-corrected chi connectivity index (χ0v) is 9.29. The van der Waals surface area contributed by atoms with Gasteiger partial charge in [-0.15, -0.1) is 0 Å². The number of rotatable bonds is 5. The molecule has 0 spiro atoms. The van der Waals surface area contributed by atoms with Crippen LogP contribution in [-0.2, 0) is 0 Å². The molecular weight excluding hydrogens is 192 g/mol. The molecule has 0 aliphatic carbocycles. The number of aromatic amines is 1. The Morgan fingerprint density at radius 3 is 2.93 bits per heavy atom. The molecule has 1 aromatic heterocycles. The minimum Gasteiger partial charge on any atom is -0.391 e. The van der Waals surface area contributed by atoms with Crippen molar-refractivity contribution < 1.29 is 0 Å². The molecule has 5 heteroatoms. The van der Waals surface area contributed by atoms with Gasteiger partial charge in [-0.05, 0) is 6.42 Å². The first-order valence-electron chi connectivity index (χ1n) is 5.21. The van der Waals surface area contributed by atoms with E-state index in [4.69, 9.17) is 5.73 Å². The lowest BCUT2D eigenvalue weighted by molar-refractivity contribution is 0.701. The lowest BCUT2D eigenvalue weighted by Crippen LogP contribution is -2.25. The molecule has 0 amide bonds. The average Bonchev–Trinajstić information content (AvgIpc) is 2.22. The van der Waals surface area contributed by atoms with Crippen molar-refractivity contribution in [3.63, 3.8) is 0 Å². The van der Waals surface area contributed by atoms with Crippen LogP contribution in [0.3, 0.4) is 0 Å². The second-order valence-electron chi connectivity index (χ2n) is 3.60. The Morgan fingerprint density at radius 1 is 1.53 bits per heavy atom. The Labute approximate surface area is 89.3 Å². The Morgan fingerprint density at radius 2 is 2.27 bits per heavy atom. The molecule has 3 N–H and O–H groups in total. The predicted molar refractivity (Wildman–Crippen MR) is 62.1 cm³/mol. The summed E-state index contributed by atoms with van der Waals surface area (Å²) in [6.07, 6.45) is 4.81. The highest BCUT2D eigenvalue weighted by Crippen LogP contribution is 2.13.